The van der Waals surface area contributed by atoms with Gasteiger partial charge in [0.1, 0.15) is 0 Å². The molecule has 1 aliphatic heterocycles. The number of benzene rings is 1. The molecule has 1 saturated heterocycles. The molecule has 1 aromatic heterocycles. The van der Waals surface area contributed by atoms with Crippen LogP contribution in [0.3, 0.4) is 0 Å². The van der Waals surface area contributed by atoms with E-state index < -0.39 is 9.84 Å². The van der Waals surface area contributed by atoms with Gasteiger partial charge in [-0.2, -0.15) is 0 Å². The maximum absolute atomic E-state index is 11.6. The minimum Gasteiger partial charge on any atom is -0.423 e. The molecule has 2 aromatic rings. The van der Waals surface area contributed by atoms with E-state index in [0.29, 0.717) is 11.6 Å². The van der Waals surface area contributed by atoms with Crippen LogP contribution in [0.4, 0.5) is 5.69 Å². The van der Waals surface area contributed by atoms with Crippen LogP contribution in [0.1, 0.15) is 12.8 Å². The first-order valence-electron chi connectivity index (χ1n) is 6.46. The lowest BCUT2D eigenvalue weighted by Crippen LogP contribution is -2.34. The fourth-order valence-corrected chi connectivity index (χ4v) is 4.02. The van der Waals surface area contributed by atoms with Crippen molar-refractivity contribution < 1.29 is 12.8 Å². The van der Waals surface area contributed by atoms with Crippen molar-refractivity contribution in [1.29, 1.82) is 0 Å². The molecule has 20 heavy (non-hydrogen) atoms. The van der Waals surface area contributed by atoms with Crippen LogP contribution >= 0.6 is 0 Å². The highest BCUT2D eigenvalue weighted by molar-refractivity contribution is 7.91. The molecule has 106 valence electrons. The van der Waals surface area contributed by atoms with Gasteiger partial charge in [-0.3, -0.25) is 0 Å². The van der Waals surface area contributed by atoms with Crippen molar-refractivity contribution in [1.82, 2.24) is 10.2 Å². The SMILES string of the molecule is O=S1(=O)CCCC(Nc2ccc(-c3nnco3)cc2)C1. The summed E-state index contributed by atoms with van der Waals surface area (Å²) < 4.78 is 28.3. The second-order valence-corrected chi connectivity index (χ2v) is 7.15. The molecule has 0 amide bonds. The maximum Gasteiger partial charge on any atom is 0.247 e. The van der Waals surface area contributed by atoms with E-state index in [1.165, 1.54) is 6.39 Å². The van der Waals surface area contributed by atoms with E-state index in [9.17, 15) is 8.42 Å². The van der Waals surface area contributed by atoms with Crippen LogP contribution in [0.25, 0.3) is 11.5 Å². The highest BCUT2D eigenvalue weighted by Gasteiger charge is 2.24. The van der Waals surface area contributed by atoms with E-state index in [1.807, 2.05) is 24.3 Å². The standard InChI is InChI=1S/C13H15N3O3S/c17-20(18)7-1-2-12(8-20)15-11-5-3-10(4-6-11)13-16-14-9-19-13/h3-6,9,12,15H,1-2,7-8H2. The van der Waals surface area contributed by atoms with Gasteiger partial charge in [0.25, 0.3) is 0 Å². The number of sulfone groups is 1. The van der Waals surface area contributed by atoms with E-state index in [2.05, 4.69) is 15.5 Å². The fourth-order valence-electron chi connectivity index (χ4n) is 2.38. The van der Waals surface area contributed by atoms with Crippen molar-refractivity contribution in [3.8, 4) is 11.5 Å². The fraction of sp³-hybridized carbons (Fsp3) is 0.385. The molecule has 7 heteroatoms. The van der Waals surface area contributed by atoms with Gasteiger partial charge in [-0.1, -0.05) is 0 Å². The molecule has 0 aliphatic carbocycles. The van der Waals surface area contributed by atoms with Gasteiger partial charge in [0.05, 0.1) is 11.5 Å². The molecule has 1 fully saturated rings. The highest BCUT2D eigenvalue weighted by Crippen LogP contribution is 2.21. The zero-order chi connectivity index (χ0) is 14.0. The number of hydrogen-bond acceptors (Lipinski definition) is 6. The molecular formula is C13H15N3O3S. The van der Waals surface area contributed by atoms with Crippen molar-refractivity contribution in [3.05, 3.63) is 30.7 Å². The number of aromatic nitrogens is 2. The maximum atomic E-state index is 11.6. The van der Waals surface area contributed by atoms with Crippen LogP contribution in [-0.2, 0) is 9.84 Å². The van der Waals surface area contributed by atoms with Crippen LogP contribution < -0.4 is 5.32 Å². The summed E-state index contributed by atoms with van der Waals surface area (Å²) in [4.78, 5) is 0. The lowest BCUT2D eigenvalue weighted by atomic mass is 10.1. The minimum absolute atomic E-state index is 0.0111. The Morgan fingerprint density at radius 1 is 1.25 bits per heavy atom. The van der Waals surface area contributed by atoms with Crippen molar-refractivity contribution in [2.75, 3.05) is 16.8 Å². The van der Waals surface area contributed by atoms with Gasteiger partial charge in [-0.25, -0.2) is 8.42 Å². The van der Waals surface area contributed by atoms with Gasteiger partial charge in [0, 0.05) is 17.3 Å². The highest BCUT2D eigenvalue weighted by atomic mass is 32.2. The third-order valence-electron chi connectivity index (χ3n) is 3.33. The molecule has 0 bridgehead atoms. The summed E-state index contributed by atoms with van der Waals surface area (Å²) in [5.41, 5.74) is 1.74. The number of hydrogen-bond donors (Lipinski definition) is 1. The van der Waals surface area contributed by atoms with E-state index in [-0.39, 0.29) is 11.8 Å². The average molecular weight is 293 g/mol. The van der Waals surface area contributed by atoms with Gasteiger partial charge >= 0.3 is 0 Å². The lowest BCUT2D eigenvalue weighted by Gasteiger charge is -2.24. The second kappa shape index (κ2) is 5.24. The summed E-state index contributed by atoms with van der Waals surface area (Å²) in [7, 11) is -2.89. The number of nitrogens with one attached hydrogen (secondary N) is 1. The Kier molecular flexibility index (Phi) is 3.43. The molecule has 1 aliphatic rings. The second-order valence-electron chi connectivity index (χ2n) is 4.92. The zero-order valence-corrected chi connectivity index (χ0v) is 11.6. The zero-order valence-electron chi connectivity index (χ0n) is 10.8. The van der Waals surface area contributed by atoms with Gasteiger partial charge in [0.2, 0.25) is 12.3 Å². The van der Waals surface area contributed by atoms with Gasteiger partial charge < -0.3 is 9.73 Å². The Morgan fingerprint density at radius 2 is 2.05 bits per heavy atom. The summed E-state index contributed by atoms with van der Waals surface area (Å²) >= 11 is 0. The third-order valence-corrected chi connectivity index (χ3v) is 5.15. The molecule has 1 atom stereocenters. The average Bonchev–Trinajstić information content (AvgIpc) is 2.92. The van der Waals surface area contributed by atoms with Crippen LogP contribution in [0, 0.1) is 0 Å². The predicted octanol–water partition coefficient (Wildman–Crippen LogP) is 1.73. The molecule has 0 radical (unpaired) electrons. The molecule has 1 N–H and O–H groups in total. The number of anilines is 1. The summed E-state index contributed by atoms with van der Waals surface area (Å²) in [6, 6.07) is 7.50. The van der Waals surface area contributed by atoms with Crippen LogP contribution in [0.15, 0.2) is 35.1 Å². The lowest BCUT2D eigenvalue weighted by molar-refractivity contribution is 0.562. The van der Waals surface area contributed by atoms with E-state index in [1.54, 1.807) is 0 Å². The first-order valence-corrected chi connectivity index (χ1v) is 8.28. The van der Waals surface area contributed by atoms with Crippen molar-refractivity contribution in [2.45, 2.75) is 18.9 Å². The topological polar surface area (TPSA) is 85.1 Å². The summed E-state index contributed by atoms with van der Waals surface area (Å²) in [6.45, 7) is 0. The summed E-state index contributed by atoms with van der Waals surface area (Å²) in [6.07, 6.45) is 2.89. The Hall–Kier alpha value is -1.89. The van der Waals surface area contributed by atoms with Crippen molar-refractivity contribution in [2.24, 2.45) is 0 Å². The summed E-state index contributed by atoms with van der Waals surface area (Å²) in [5, 5.41) is 10.7. The minimum atomic E-state index is -2.89. The normalized spacial score (nSPS) is 21.5. The van der Waals surface area contributed by atoms with Crippen molar-refractivity contribution in [3.63, 3.8) is 0 Å². The van der Waals surface area contributed by atoms with Crippen molar-refractivity contribution >= 4 is 15.5 Å². The van der Waals surface area contributed by atoms with E-state index >= 15 is 0 Å². The first-order chi connectivity index (χ1) is 9.62. The molecule has 2 heterocycles. The molecule has 1 aromatic carbocycles. The Labute approximate surface area is 117 Å². The van der Waals surface area contributed by atoms with Crippen LogP contribution in [0.5, 0.6) is 0 Å². The van der Waals surface area contributed by atoms with Crippen LogP contribution in [0.2, 0.25) is 0 Å². The van der Waals surface area contributed by atoms with Gasteiger partial charge in [-0.05, 0) is 37.1 Å². The molecule has 0 spiro atoms. The largest absolute Gasteiger partial charge is 0.423 e. The monoisotopic (exact) mass is 293 g/mol. The van der Waals surface area contributed by atoms with Gasteiger partial charge in [0.15, 0.2) is 9.84 Å². The number of rotatable bonds is 3. The molecule has 1 unspecified atom stereocenters. The van der Waals surface area contributed by atoms with E-state index in [0.717, 1.165) is 24.1 Å². The molecule has 6 nitrogen and oxygen atoms in total. The quantitative estimate of drug-likeness (QED) is 0.927. The molecule has 3 rings (SSSR count). The first kappa shape index (κ1) is 13.1. The molecular weight excluding hydrogens is 278 g/mol. The third kappa shape index (κ3) is 2.98. The number of nitrogens with zero attached hydrogens (tertiary/aromatic N) is 2. The van der Waals surface area contributed by atoms with Gasteiger partial charge in [-0.15, -0.1) is 10.2 Å². The molecule has 0 saturated carbocycles. The summed E-state index contributed by atoms with van der Waals surface area (Å²) in [5.74, 6) is 0.983. The van der Waals surface area contributed by atoms with Crippen LogP contribution in [-0.4, -0.2) is 36.2 Å². The van der Waals surface area contributed by atoms with E-state index in [4.69, 9.17) is 4.42 Å². The predicted molar refractivity (Wildman–Crippen MR) is 75.0 cm³/mol. The Morgan fingerprint density at radius 3 is 2.70 bits per heavy atom. The Balaban J connectivity index is 1.69. The smallest absolute Gasteiger partial charge is 0.247 e. The Bertz CT molecular complexity index is 665.